The molecule has 0 saturated heterocycles. The Morgan fingerprint density at radius 3 is 3.20 bits per heavy atom. The minimum absolute atomic E-state index is 0.00625. The second-order valence-corrected chi connectivity index (χ2v) is 4.13. The summed E-state index contributed by atoms with van der Waals surface area (Å²) in [6, 6.07) is 0. The monoisotopic (exact) mass is 207 g/mol. The highest BCUT2D eigenvalue weighted by molar-refractivity contribution is 5.77. The van der Waals surface area contributed by atoms with Gasteiger partial charge in [-0.2, -0.15) is 5.10 Å². The first-order chi connectivity index (χ1) is 7.22. The molecule has 1 aliphatic carbocycles. The van der Waals surface area contributed by atoms with Crippen LogP contribution in [0, 0.1) is 5.92 Å². The number of nitrogens with two attached hydrogens (primary N) is 1. The Hall–Kier alpha value is -1.32. The molecule has 0 radical (unpaired) electrons. The normalized spacial score (nSPS) is 20.7. The van der Waals surface area contributed by atoms with Crippen molar-refractivity contribution in [1.82, 2.24) is 9.78 Å². The lowest BCUT2D eigenvalue weighted by Crippen LogP contribution is -2.25. The highest BCUT2D eigenvalue weighted by Gasteiger charge is 2.23. The van der Waals surface area contributed by atoms with Crippen molar-refractivity contribution in [2.24, 2.45) is 11.7 Å². The molecule has 1 heterocycles. The van der Waals surface area contributed by atoms with Gasteiger partial charge in [-0.1, -0.05) is 0 Å². The van der Waals surface area contributed by atoms with Crippen LogP contribution in [0.3, 0.4) is 0 Å². The van der Waals surface area contributed by atoms with E-state index in [2.05, 4.69) is 12.0 Å². The lowest BCUT2D eigenvalue weighted by atomic mass is 9.99. The predicted octanol–water partition coefficient (Wildman–Crippen LogP) is 0.883. The van der Waals surface area contributed by atoms with Gasteiger partial charge in [0.25, 0.3) is 0 Å². The third kappa shape index (κ3) is 1.89. The maximum atomic E-state index is 11.2. The molecular weight excluding hydrogens is 190 g/mol. The molecule has 1 atom stereocenters. The SMILES string of the molecule is CCn1ncc2c1C[C@@H](C(N)=O)CCC2. The van der Waals surface area contributed by atoms with E-state index in [1.807, 2.05) is 10.9 Å². The van der Waals surface area contributed by atoms with Crippen LogP contribution in [0.4, 0.5) is 0 Å². The first-order valence-electron chi connectivity index (χ1n) is 5.55. The van der Waals surface area contributed by atoms with E-state index in [4.69, 9.17) is 5.73 Å². The van der Waals surface area contributed by atoms with Gasteiger partial charge in [0.15, 0.2) is 0 Å². The van der Waals surface area contributed by atoms with Crippen molar-refractivity contribution in [2.75, 3.05) is 0 Å². The number of primary amides is 1. The molecule has 0 aliphatic heterocycles. The van der Waals surface area contributed by atoms with Crippen molar-refractivity contribution in [1.29, 1.82) is 0 Å². The highest BCUT2D eigenvalue weighted by atomic mass is 16.1. The van der Waals surface area contributed by atoms with Crippen LogP contribution in [0.5, 0.6) is 0 Å². The molecule has 1 aromatic heterocycles. The van der Waals surface area contributed by atoms with Gasteiger partial charge in [0, 0.05) is 24.6 Å². The third-order valence-electron chi connectivity index (χ3n) is 3.18. The summed E-state index contributed by atoms with van der Waals surface area (Å²) < 4.78 is 1.98. The smallest absolute Gasteiger partial charge is 0.220 e. The maximum Gasteiger partial charge on any atom is 0.220 e. The van der Waals surface area contributed by atoms with Crippen molar-refractivity contribution in [3.8, 4) is 0 Å². The first-order valence-corrected chi connectivity index (χ1v) is 5.55. The van der Waals surface area contributed by atoms with Crippen LogP contribution in [-0.4, -0.2) is 15.7 Å². The molecule has 0 saturated carbocycles. The van der Waals surface area contributed by atoms with E-state index in [9.17, 15) is 4.79 Å². The standard InChI is InChI=1S/C11H17N3O/c1-2-14-10-6-8(11(12)15)4-3-5-9(10)7-13-14/h7-8H,2-6H2,1H3,(H2,12,15)/t8-/m0/s1. The van der Waals surface area contributed by atoms with Crippen LogP contribution in [0.2, 0.25) is 0 Å². The Labute approximate surface area is 89.5 Å². The van der Waals surface area contributed by atoms with Crippen molar-refractivity contribution in [2.45, 2.75) is 39.2 Å². The van der Waals surface area contributed by atoms with Gasteiger partial charge in [-0.25, -0.2) is 0 Å². The zero-order valence-electron chi connectivity index (χ0n) is 9.07. The molecule has 82 valence electrons. The number of nitrogens with zero attached hydrogens (tertiary/aromatic N) is 2. The zero-order chi connectivity index (χ0) is 10.8. The molecule has 2 rings (SSSR count). The van der Waals surface area contributed by atoms with Crippen LogP contribution in [0.25, 0.3) is 0 Å². The van der Waals surface area contributed by atoms with Gasteiger partial charge in [-0.3, -0.25) is 9.48 Å². The molecule has 4 heteroatoms. The summed E-state index contributed by atoms with van der Waals surface area (Å²) >= 11 is 0. The molecule has 0 fully saturated rings. The molecule has 1 amide bonds. The average Bonchev–Trinajstić information content (AvgIpc) is 2.46. The summed E-state index contributed by atoms with van der Waals surface area (Å²) in [5.74, 6) is -0.181. The average molecular weight is 207 g/mol. The van der Waals surface area contributed by atoms with E-state index in [1.54, 1.807) is 0 Å². The van der Waals surface area contributed by atoms with E-state index in [-0.39, 0.29) is 11.8 Å². The fraction of sp³-hybridized carbons (Fsp3) is 0.636. The van der Waals surface area contributed by atoms with Gasteiger partial charge < -0.3 is 5.73 Å². The molecule has 0 bridgehead atoms. The number of aromatic nitrogens is 2. The van der Waals surface area contributed by atoms with Gasteiger partial charge in [0.1, 0.15) is 0 Å². The second-order valence-electron chi connectivity index (χ2n) is 4.13. The van der Waals surface area contributed by atoms with Crippen molar-refractivity contribution < 1.29 is 4.79 Å². The topological polar surface area (TPSA) is 60.9 Å². The largest absolute Gasteiger partial charge is 0.369 e. The van der Waals surface area contributed by atoms with E-state index < -0.39 is 0 Å². The minimum Gasteiger partial charge on any atom is -0.369 e. The zero-order valence-corrected chi connectivity index (χ0v) is 9.07. The molecule has 0 spiro atoms. The molecule has 0 unspecified atom stereocenters. The number of amides is 1. The number of rotatable bonds is 2. The van der Waals surface area contributed by atoms with Gasteiger partial charge >= 0.3 is 0 Å². The van der Waals surface area contributed by atoms with E-state index >= 15 is 0 Å². The predicted molar refractivity (Wildman–Crippen MR) is 57.2 cm³/mol. The van der Waals surface area contributed by atoms with Crippen LogP contribution in [-0.2, 0) is 24.2 Å². The Kier molecular flexibility index (Phi) is 2.75. The quantitative estimate of drug-likeness (QED) is 0.732. The summed E-state index contributed by atoms with van der Waals surface area (Å²) in [7, 11) is 0. The highest BCUT2D eigenvalue weighted by Crippen LogP contribution is 2.24. The lowest BCUT2D eigenvalue weighted by molar-refractivity contribution is -0.122. The Balaban J connectivity index is 2.29. The molecular formula is C11H17N3O. The summed E-state index contributed by atoms with van der Waals surface area (Å²) in [5, 5.41) is 4.32. The van der Waals surface area contributed by atoms with E-state index in [0.717, 1.165) is 32.2 Å². The summed E-state index contributed by atoms with van der Waals surface area (Å²) in [6.45, 7) is 2.93. The molecule has 1 aromatic rings. The van der Waals surface area contributed by atoms with Crippen molar-refractivity contribution >= 4 is 5.91 Å². The van der Waals surface area contributed by atoms with Gasteiger partial charge in [0.05, 0.1) is 6.20 Å². The maximum absolute atomic E-state index is 11.2. The van der Waals surface area contributed by atoms with E-state index in [0.29, 0.717) is 0 Å². The molecule has 15 heavy (non-hydrogen) atoms. The Morgan fingerprint density at radius 2 is 2.53 bits per heavy atom. The summed E-state index contributed by atoms with van der Waals surface area (Å²) in [4.78, 5) is 11.2. The summed E-state index contributed by atoms with van der Waals surface area (Å²) in [6.07, 6.45) is 5.67. The van der Waals surface area contributed by atoms with Gasteiger partial charge in [-0.05, 0) is 31.7 Å². The third-order valence-corrected chi connectivity index (χ3v) is 3.18. The van der Waals surface area contributed by atoms with Crippen LogP contribution in [0.1, 0.15) is 31.0 Å². The fourth-order valence-corrected chi connectivity index (χ4v) is 2.28. The second kappa shape index (κ2) is 4.04. The number of fused-ring (bicyclic) bond motifs is 1. The van der Waals surface area contributed by atoms with Crippen LogP contribution in [0.15, 0.2) is 6.20 Å². The molecule has 1 aliphatic rings. The van der Waals surface area contributed by atoms with Crippen molar-refractivity contribution in [3.05, 3.63) is 17.5 Å². The lowest BCUT2D eigenvalue weighted by Gasteiger charge is -2.11. The molecule has 2 N–H and O–H groups in total. The van der Waals surface area contributed by atoms with Gasteiger partial charge in [-0.15, -0.1) is 0 Å². The first kappa shape index (κ1) is 10.2. The van der Waals surface area contributed by atoms with Crippen LogP contribution < -0.4 is 5.73 Å². The van der Waals surface area contributed by atoms with Gasteiger partial charge in [0.2, 0.25) is 5.91 Å². The summed E-state index contributed by atoms with van der Waals surface area (Å²) in [5.41, 5.74) is 7.88. The minimum atomic E-state index is -0.174. The Morgan fingerprint density at radius 1 is 1.73 bits per heavy atom. The number of aryl methyl sites for hydroxylation is 2. The number of hydrogen-bond acceptors (Lipinski definition) is 2. The Bertz CT molecular complexity index is 370. The number of carbonyl (C=O) groups excluding carboxylic acids is 1. The molecule has 0 aromatic carbocycles. The number of hydrogen-bond donors (Lipinski definition) is 1. The van der Waals surface area contributed by atoms with E-state index in [1.165, 1.54) is 11.3 Å². The fourth-order valence-electron chi connectivity index (χ4n) is 2.28. The van der Waals surface area contributed by atoms with Crippen molar-refractivity contribution in [3.63, 3.8) is 0 Å². The molecule has 4 nitrogen and oxygen atoms in total. The number of carbonyl (C=O) groups is 1. The van der Waals surface area contributed by atoms with Crippen LogP contribution >= 0.6 is 0 Å².